The normalized spacial score (nSPS) is 15.2. The smallest absolute Gasteiger partial charge is 0.339 e. The molecule has 1 aromatic carbocycles. The van der Waals surface area contributed by atoms with Crippen LogP contribution in [0.15, 0.2) is 24.3 Å². The van der Waals surface area contributed by atoms with Gasteiger partial charge in [0, 0.05) is 17.8 Å². The number of likely N-dealkylation sites (tertiary alicyclic amines) is 1. The fourth-order valence-electron chi connectivity index (χ4n) is 4.09. The lowest BCUT2D eigenvalue weighted by Gasteiger charge is -2.29. The van der Waals surface area contributed by atoms with Crippen molar-refractivity contribution in [3.05, 3.63) is 52.3 Å². The molecule has 0 saturated carbocycles. The second-order valence-corrected chi connectivity index (χ2v) is 7.33. The van der Waals surface area contributed by atoms with E-state index in [-0.39, 0.29) is 11.9 Å². The predicted octanol–water partition coefficient (Wildman–Crippen LogP) is 2.99. The van der Waals surface area contributed by atoms with Crippen LogP contribution in [0.25, 0.3) is 0 Å². The van der Waals surface area contributed by atoms with Crippen molar-refractivity contribution >= 4 is 11.9 Å². The minimum absolute atomic E-state index is 0.0223. The summed E-state index contributed by atoms with van der Waals surface area (Å²) >= 11 is 0. The molecule has 7 heteroatoms. The molecule has 1 saturated heterocycles. The average Bonchev–Trinajstić information content (AvgIpc) is 3.36. The van der Waals surface area contributed by atoms with Gasteiger partial charge < -0.3 is 19.8 Å². The molecule has 1 atom stereocenters. The molecule has 3 rings (SSSR count). The number of carbonyl (C=O) groups is 2. The third-order valence-corrected chi connectivity index (χ3v) is 5.59. The summed E-state index contributed by atoms with van der Waals surface area (Å²) in [6.07, 6.45) is 2.30. The maximum atomic E-state index is 12.9. The molecular weight excluding hydrogens is 370 g/mol. The van der Waals surface area contributed by atoms with Gasteiger partial charge in [-0.1, -0.05) is 18.2 Å². The van der Waals surface area contributed by atoms with Crippen molar-refractivity contribution in [2.45, 2.75) is 32.7 Å². The Morgan fingerprint density at radius 3 is 2.52 bits per heavy atom. The molecule has 0 spiro atoms. The molecule has 0 radical (unpaired) electrons. The summed E-state index contributed by atoms with van der Waals surface area (Å²) in [5, 5.41) is 3.04. The van der Waals surface area contributed by atoms with Crippen molar-refractivity contribution in [1.82, 2.24) is 15.2 Å². The van der Waals surface area contributed by atoms with Gasteiger partial charge in [-0.25, -0.2) is 4.79 Å². The van der Waals surface area contributed by atoms with Crippen LogP contribution in [0.4, 0.5) is 0 Å². The molecule has 1 fully saturated rings. The van der Waals surface area contributed by atoms with Crippen LogP contribution in [0, 0.1) is 13.8 Å². The van der Waals surface area contributed by atoms with E-state index in [0.29, 0.717) is 29.1 Å². The van der Waals surface area contributed by atoms with Crippen LogP contribution in [0.3, 0.4) is 0 Å². The first-order valence-electron chi connectivity index (χ1n) is 9.90. The van der Waals surface area contributed by atoms with E-state index in [2.05, 4.69) is 15.2 Å². The number of rotatable bonds is 7. The van der Waals surface area contributed by atoms with Crippen LogP contribution in [-0.2, 0) is 4.74 Å². The Morgan fingerprint density at radius 2 is 1.86 bits per heavy atom. The Hall–Kier alpha value is -2.80. The highest BCUT2D eigenvalue weighted by Crippen LogP contribution is 2.31. The van der Waals surface area contributed by atoms with Gasteiger partial charge in [0.1, 0.15) is 11.4 Å². The number of H-pyrrole nitrogens is 1. The van der Waals surface area contributed by atoms with E-state index in [1.165, 1.54) is 7.11 Å². The fourth-order valence-corrected chi connectivity index (χ4v) is 4.09. The number of ether oxygens (including phenoxy) is 2. The molecule has 0 aliphatic carbocycles. The van der Waals surface area contributed by atoms with Crippen LogP contribution in [0.2, 0.25) is 0 Å². The zero-order chi connectivity index (χ0) is 21.0. The average molecular weight is 399 g/mol. The number of carbonyl (C=O) groups excluding carboxylic acids is 2. The molecule has 2 heterocycles. The molecular formula is C22H29N3O4. The van der Waals surface area contributed by atoms with Crippen LogP contribution < -0.4 is 10.1 Å². The number of esters is 1. The van der Waals surface area contributed by atoms with Gasteiger partial charge in [-0.05, 0) is 51.4 Å². The number of nitrogens with one attached hydrogen (secondary N) is 2. The Kier molecular flexibility index (Phi) is 6.59. The number of para-hydroxylation sites is 1. The number of aromatic nitrogens is 1. The van der Waals surface area contributed by atoms with E-state index in [0.717, 1.165) is 37.2 Å². The first kappa shape index (κ1) is 20.9. The Bertz CT molecular complexity index is 884. The van der Waals surface area contributed by atoms with Crippen molar-refractivity contribution in [3.8, 4) is 5.75 Å². The number of hydrogen-bond acceptors (Lipinski definition) is 5. The fraction of sp³-hybridized carbons (Fsp3) is 0.455. The summed E-state index contributed by atoms with van der Waals surface area (Å²) in [5.74, 6) is 0.137. The molecule has 2 aromatic rings. The molecule has 1 aromatic heterocycles. The molecule has 7 nitrogen and oxygen atoms in total. The third-order valence-electron chi connectivity index (χ3n) is 5.59. The van der Waals surface area contributed by atoms with Gasteiger partial charge in [-0.3, -0.25) is 9.69 Å². The minimum Gasteiger partial charge on any atom is -0.496 e. The van der Waals surface area contributed by atoms with Crippen LogP contribution in [0.5, 0.6) is 5.75 Å². The van der Waals surface area contributed by atoms with E-state index >= 15 is 0 Å². The molecule has 29 heavy (non-hydrogen) atoms. The number of methoxy groups -OCH3 is 2. The third kappa shape index (κ3) is 4.29. The van der Waals surface area contributed by atoms with Crippen molar-refractivity contribution in [2.24, 2.45) is 0 Å². The van der Waals surface area contributed by atoms with Gasteiger partial charge >= 0.3 is 5.97 Å². The topological polar surface area (TPSA) is 83.7 Å². The van der Waals surface area contributed by atoms with Crippen LogP contribution in [0.1, 0.15) is 56.6 Å². The highest BCUT2D eigenvalue weighted by molar-refractivity contribution is 6.00. The zero-order valence-corrected chi connectivity index (χ0v) is 17.5. The number of hydrogen-bond donors (Lipinski definition) is 2. The Balaban J connectivity index is 1.81. The van der Waals surface area contributed by atoms with Gasteiger partial charge in [-0.2, -0.15) is 0 Å². The lowest BCUT2D eigenvalue weighted by atomic mass is 10.0. The second-order valence-electron chi connectivity index (χ2n) is 7.33. The lowest BCUT2D eigenvalue weighted by Crippen LogP contribution is -2.37. The number of nitrogens with zero attached hydrogens (tertiary/aromatic N) is 1. The summed E-state index contributed by atoms with van der Waals surface area (Å²) in [5.41, 5.74) is 3.09. The number of aryl methyl sites for hydroxylation is 1. The van der Waals surface area contributed by atoms with E-state index in [1.54, 1.807) is 21.0 Å². The highest BCUT2D eigenvalue weighted by Gasteiger charge is 2.28. The van der Waals surface area contributed by atoms with Gasteiger partial charge in [-0.15, -0.1) is 0 Å². The molecule has 1 unspecified atom stereocenters. The van der Waals surface area contributed by atoms with Crippen molar-refractivity contribution in [1.29, 1.82) is 0 Å². The molecule has 156 valence electrons. The second kappa shape index (κ2) is 9.13. The summed E-state index contributed by atoms with van der Waals surface area (Å²) in [4.78, 5) is 30.3. The summed E-state index contributed by atoms with van der Waals surface area (Å²) < 4.78 is 10.4. The predicted molar refractivity (Wildman–Crippen MR) is 110 cm³/mol. The SMILES string of the molecule is COC(=O)c1c(C)[nH]c(C(=O)NCC(c2ccccc2OC)N2CCCC2)c1C. The zero-order valence-electron chi connectivity index (χ0n) is 17.5. The number of aromatic amines is 1. The maximum Gasteiger partial charge on any atom is 0.339 e. The van der Waals surface area contributed by atoms with Crippen molar-refractivity contribution < 1.29 is 19.1 Å². The minimum atomic E-state index is -0.445. The maximum absolute atomic E-state index is 12.9. The van der Waals surface area contributed by atoms with Crippen LogP contribution in [-0.4, -0.2) is 55.6 Å². The Labute approximate surface area is 171 Å². The quantitative estimate of drug-likeness (QED) is 0.700. The molecule has 1 aliphatic rings. The lowest BCUT2D eigenvalue weighted by molar-refractivity contribution is 0.0599. The molecule has 1 amide bonds. The van der Waals surface area contributed by atoms with Gasteiger partial charge in [0.25, 0.3) is 5.91 Å². The monoisotopic (exact) mass is 399 g/mol. The largest absolute Gasteiger partial charge is 0.496 e. The van der Waals surface area contributed by atoms with Gasteiger partial charge in [0.2, 0.25) is 0 Å². The van der Waals surface area contributed by atoms with Gasteiger partial charge in [0.05, 0.1) is 25.8 Å². The first-order chi connectivity index (χ1) is 14.0. The van der Waals surface area contributed by atoms with E-state index in [9.17, 15) is 9.59 Å². The molecule has 2 N–H and O–H groups in total. The molecule has 0 bridgehead atoms. The van der Waals surface area contributed by atoms with Crippen molar-refractivity contribution in [3.63, 3.8) is 0 Å². The standard InChI is InChI=1S/C22H29N3O4/c1-14-19(22(27)29-4)15(2)24-20(14)21(26)23-13-17(25-11-7-8-12-25)16-9-5-6-10-18(16)28-3/h5-6,9-10,17,24H,7-8,11-13H2,1-4H3,(H,23,26). The number of amides is 1. The van der Waals surface area contributed by atoms with Gasteiger partial charge in [0.15, 0.2) is 0 Å². The highest BCUT2D eigenvalue weighted by atomic mass is 16.5. The molecule has 1 aliphatic heterocycles. The summed E-state index contributed by atoms with van der Waals surface area (Å²) in [6.45, 7) is 5.95. The van der Waals surface area contributed by atoms with E-state index in [1.807, 2.05) is 24.3 Å². The van der Waals surface area contributed by atoms with E-state index < -0.39 is 5.97 Å². The number of benzene rings is 1. The van der Waals surface area contributed by atoms with E-state index in [4.69, 9.17) is 9.47 Å². The summed E-state index contributed by atoms with van der Waals surface area (Å²) in [7, 11) is 3.00. The van der Waals surface area contributed by atoms with Crippen LogP contribution >= 0.6 is 0 Å². The summed E-state index contributed by atoms with van der Waals surface area (Å²) in [6, 6.07) is 7.95. The van der Waals surface area contributed by atoms with Crippen molar-refractivity contribution in [2.75, 3.05) is 33.9 Å². The first-order valence-corrected chi connectivity index (χ1v) is 9.90. The Morgan fingerprint density at radius 1 is 1.17 bits per heavy atom.